The van der Waals surface area contributed by atoms with Gasteiger partial charge in [-0.1, -0.05) is 12.1 Å². The van der Waals surface area contributed by atoms with Crippen molar-refractivity contribution in [2.45, 2.75) is 0 Å². The molecule has 0 saturated heterocycles. The molecule has 1 nitrogen and oxygen atoms in total. The second-order valence-electron chi connectivity index (χ2n) is 3.36. The van der Waals surface area contributed by atoms with E-state index >= 15 is 0 Å². The molecule has 0 saturated carbocycles. The molecule has 2 aromatic rings. The van der Waals surface area contributed by atoms with Gasteiger partial charge in [0, 0.05) is 17.3 Å². The molecule has 0 heterocycles. The Kier molecular flexibility index (Phi) is 2.56. The minimum absolute atomic E-state index is 0.0736. The number of anilines is 1. The molecule has 0 amide bonds. The monoisotopic (exact) mass is 223 g/mol. The molecule has 0 unspecified atom stereocenters. The van der Waals surface area contributed by atoms with Crippen LogP contribution in [0, 0.1) is 17.5 Å². The SMILES string of the molecule is Nc1cc(F)c(F)cc1-c1cccc(F)c1. The average molecular weight is 223 g/mol. The van der Waals surface area contributed by atoms with Gasteiger partial charge in [0.1, 0.15) is 5.82 Å². The van der Waals surface area contributed by atoms with Crippen molar-refractivity contribution >= 4 is 5.69 Å². The van der Waals surface area contributed by atoms with Crippen LogP contribution in [0.15, 0.2) is 36.4 Å². The fourth-order valence-electron chi connectivity index (χ4n) is 1.47. The van der Waals surface area contributed by atoms with Gasteiger partial charge < -0.3 is 5.73 Å². The van der Waals surface area contributed by atoms with E-state index in [-0.39, 0.29) is 11.3 Å². The summed E-state index contributed by atoms with van der Waals surface area (Å²) in [5, 5.41) is 0. The highest BCUT2D eigenvalue weighted by Gasteiger charge is 2.09. The lowest BCUT2D eigenvalue weighted by molar-refractivity contribution is 0.509. The van der Waals surface area contributed by atoms with E-state index in [1.807, 2.05) is 0 Å². The highest BCUT2D eigenvalue weighted by atomic mass is 19.2. The molecular weight excluding hydrogens is 215 g/mol. The summed E-state index contributed by atoms with van der Waals surface area (Å²) >= 11 is 0. The predicted molar refractivity (Wildman–Crippen MR) is 56.2 cm³/mol. The van der Waals surface area contributed by atoms with Gasteiger partial charge in [-0.25, -0.2) is 13.2 Å². The van der Waals surface area contributed by atoms with Crippen molar-refractivity contribution in [1.29, 1.82) is 0 Å². The second kappa shape index (κ2) is 3.89. The first-order valence-electron chi connectivity index (χ1n) is 4.58. The highest BCUT2D eigenvalue weighted by molar-refractivity contribution is 5.76. The maximum absolute atomic E-state index is 13.0. The van der Waals surface area contributed by atoms with Gasteiger partial charge in [-0.2, -0.15) is 0 Å². The largest absolute Gasteiger partial charge is 0.398 e. The van der Waals surface area contributed by atoms with E-state index in [2.05, 4.69) is 0 Å². The van der Waals surface area contributed by atoms with Gasteiger partial charge in [0.25, 0.3) is 0 Å². The van der Waals surface area contributed by atoms with Crippen LogP contribution >= 0.6 is 0 Å². The first-order chi connectivity index (χ1) is 7.58. The molecule has 4 heteroatoms. The van der Waals surface area contributed by atoms with Crippen LogP contribution in [-0.4, -0.2) is 0 Å². The zero-order chi connectivity index (χ0) is 11.7. The summed E-state index contributed by atoms with van der Waals surface area (Å²) in [5.74, 6) is -2.48. The summed E-state index contributed by atoms with van der Waals surface area (Å²) in [6.45, 7) is 0. The van der Waals surface area contributed by atoms with Crippen molar-refractivity contribution in [3.05, 3.63) is 53.8 Å². The van der Waals surface area contributed by atoms with E-state index in [0.29, 0.717) is 5.56 Å². The zero-order valence-corrected chi connectivity index (χ0v) is 8.18. The van der Waals surface area contributed by atoms with Gasteiger partial charge in [0.05, 0.1) is 0 Å². The topological polar surface area (TPSA) is 26.0 Å². The molecule has 0 aromatic heterocycles. The Balaban J connectivity index is 2.60. The Hall–Kier alpha value is -1.97. The molecule has 0 aliphatic carbocycles. The van der Waals surface area contributed by atoms with Gasteiger partial charge in [0.15, 0.2) is 11.6 Å². The van der Waals surface area contributed by atoms with Crippen LogP contribution in [0.1, 0.15) is 0 Å². The third-order valence-electron chi connectivity index (χ3n) is 2.23. The molecule has 0 radical (unpaired) electrons. The Morgan fingerprint density at radius 2 is 1.56 bits per heavy atom. The Morgan fingerprint density at radius 1 is 0.875 bits per heavy atom. The highest BCUT2D eigenvalue weighted by Crippen LogP contribution is 2.28. The number of rotatable bonds is 1. The van der Waals surface area contributed by atoms with Crippen LogP contribution in [0.25, 0.3) is 11.1 Å². The molecule has 2 aromatic carbocycles. The summed E-state index contributed by atoms with van der Waals surface area (Å²) < 4.78 is 38.8. The molecule has 82 valence electrons. The molecule has 0 fully saturated rings. The van der Waals surface area contributed by atoms with Crippen molar-refractivity contribution in [2.24, 2.45) is 0 Å². The second-order valence-corrected chi connectivity index (χ2v) is 3.36. The van der Waals surface area contributed by atoms with Crippen molar-refractivity contribution < 1.29 is 13.2 Å². The number of nitrogen functional groups attached to an aromatic ring is 1. The maximum atomic E-state index is 13.0. The van der Waals surface area contributed by atoms with Crippen molar-refractivity contribution in [3.63, 3.8) is 0 Å². The average Bonchev–Trinajstić information content (AvgIpc) is 2.23. The number of benzene rings is 2. The lowest BCUT2D eigenvalue weighted by Gasteiger charge is -2.06. The summed E-state index contributed by atoms with van der Waals surface area (Å²) in [5.41, 5.74) is 6.31. The van der Waals surface area contributed by atoms with Crippen LogP contribution in [0.4, 0.5) is 18.9 Å². The normalized spacial score (nSPS) is 10.4. The van der Waals surface area contributed by atoms with Crippen LogP contribution in [0.3, 0.4) is 0 Å². The number of nitrogens with two attached hydrogens (primary N) is 1. The van der Waals surface area contributed by atoms with E-state index in [1.165, 1.54) is 18.2 Å². The van der Waals surface area contributed by atoms with Gasteiger partial charge >= 0.3 is 0 Å². The maximum Gasteiger partial charge on any atom is 0.160 e. The molecule has 0 atom stereocenters. The first-order valence-corrected chi connectivity index (χ1v) is 4.58. The number of halogens is 3. The third-order valence-corrected chi connectivity index (χ3v) is 2.23. The lowest BCUT2D eigenvalue weighted by Crippen LogP contribution is -1.94. The number of hydrogen-bond donors (Lipinski definition) is 1. The first kappa shape index (κ1) is 10.5. The molecule has 0 bridgehead atoms. The third kappa shape index (κ3) is 1.86. The van der Waals surface area contributed by atoms with E-state index in [1.54, 1.807) is 6.07 Å². The van der Waals surface area contributed by atoms with Crippen molar-refractivity contribution in [3.8, 4) is 11.1 Å². The van der Waals surface area contributed by atoms with E-state index in [9.17, 15) is 13.2 Å². The fourth-order valence-corrected chi connectivity index (χ4v) is 1.47. The van der Waals surface area contributed by atoms with Crippen molar-refractivity contribution in [2.75, 3.05) is 5.73 Å². The number of hydrogen-bond acceptors (Lipinski definition) is 1. The molecule has 2 rings (SSSR count). The van der Waals surface area contributed by atoms with Crippen LogP contribution < -0.4 is 5.73 Å². The summed E-state index contributed by atoms with van der Waals surface area (Å²) in [4.78, 5) is 0. The Labute approximate surface area is 90.3 Å². The van der Waals surface area contributed by atoms with Crippen LogP contribution in [0.5, 0.6) is 0 Å². The molecule has 0 aliphatic heterocycles. The van der Waals surface area contributed by atoms with Gasteiger partial charge in [-0.05, 0) is 23.8 Å². The Bertz CT molecular complexity index is 538. The molecule has 16 heavy (non-hydrogen) atoms. The lowest BCUT2D eigenvalue weighted by atomic mass is 10.0. The van der Waals surface area contributed by atoms with E-state index < -0.39 is 17.5 Å². The van der Waals surface area contributed by atoms with Gasteiger partial charge in [-0.3, -0.25) is 0 Å². The smallest absolute Gasteiger partial charge is 0.160 e. The van der Waals surface area contributed by atoms with Crippen molar-refractivity contribution in [1.82, 2.24) is 0 Å². The molecule has 0 aliphatic rings. The molecular formula is C12H8F3N. The predicted octanol–water partition coefficient (Wildman–Crippen LogP) is 3.35. The standard InChI is InChI=1S/C12H8F3N/c13-8-3-1-2-7(4-8)9-5-10(14)11(15)6-12(9)16/h1-6H,16H2. The quantitative estimate of drug-likeness (QED) is 0.737. The van der Waals surface area contributed by atoms with Gasteiger partial charge in [-0.15, -0.1) is 0 Å². The van der Waals surface area contributed by atoms with Gasteiger partial charge in [0.2, 0.25) is 0 Å². The van der Waals surface area contributed by atoms with E-state index in [0.717, 1.165) is 12.1 Å². The Morgan fingerprint density at radius 3 is 2.25 bits per heavy atom. The van der Waals surface area contributed by atoms with Crippen LogP contribution in [0.2, 0.25) is 0 Å². The van der Waals surface area contributed by atoms with E-state index in [4.69, 9.17) is 5.73 Å². The zero-order valence-electron chi connectivity index (χ0n) is 8.18. The molecule has 0 spiro atoms. The molecule has 2 N–H and O–H groups in total. The minimum Gasteiger partial charge on any atom is -0.398 e. The summed E-state index contributed by atoms with van der Waals surface area (Å²) in [7, 11) is 0. The summed E-state index contributed by atoms with van der Waals surface area (Å²) in [6, 6.07) is 7.37. The summed E-state index contributed by atoms with van der Waals surface area (Å²) in [6.07, 6.45) is 0. The fraction of sp³-hybridized carbons (Fsp3) is 0. The minimum atomic E-state index is -1.02. The van der Waals surface area contributed by atoms with Crippen LogP contribution in [-0.2, 0) is 0 Å².